The molecule has 0 saturated heterocycles. The number of amides is 1. The fourth-order valence-electron chi connectivity index (χ4n) is 1.53. The van der Waals surface area contributed by atoms with Crippen LogP contribution in [0.5, 0.6) is 0 Å². The number of H-pyrrole nitrogens is 1. The molecule has 0 saturated carbocycles. The van der Waals surface area contributed by atoms with Crippen molar-refractivity contribution in [3.63, 3.8) is 0 Å². The van der Waals surface area contributed by atoms with Crippen molar-refractivity contribution >= 4 is 11.9 Å². The monoisotopic (exact) mass is 269 g/mol. The predicted octanol–water partition coefficient (Wildman–Crippen LogP) is 2.99. The topological polar surface area (TPSA) is 57.8 Å². The van der Waals surface area contributed by atoms with Crippen LogP contribution in [-0.4, -0.2) is 15.9 Å². The summed E-state index contributed by atoms with van der Waals surface area (Å²) in [6.07, 6.45) is -3.88. The van der Waals surface area contributed by atoms with Crippen LogP contribution in [0, 0.1) is 6.92 Å². The van der Waals surface area contributed by atoms with Gasteiger partial charge in [-0.1, -0.05) is 18.2 Å². The van der Waals surface area contributed by atoms with Crippen LogP contribution in [0.4, 0.5) is 19.1 Å². The minimum absolute atomic E-state index is 0.236. The molecule has 2 aromatic rings. The van der Waals surface area contributed by atoms with Gasteiger partial charge in [-0.25, -0.2) is 4.98 Å². The van der Waals surface area contributed by atoms with Crippen molar-refractivity contribution in [2.45, 2.75) is 13.1 Å². The number of imidazole rings is 1. The van der Waals surface area contributed by atoms with Crippen LogP contribution in [0.15, 0.2) is 30.5 Å². The highest BCUT2D eigenvalue weighted by Gasteiger charge is 2.33. The maximum absolute atomic E-state index is 12.3. The number of halogens is 3. The standard InChI is InChI=1S/C12H10F3N3O/c1-7-4-2-3-5-8(7)10(19)18-11-16-6-9(17-11)12(13,14)15/h2-6H,1H3,(H2,16,17,18,19). The van der Waals surface area contributed by atoms with Gasteiger partial charge >= 0.3 is 6.18 Å². The lowest BCUT2D eigenvalue weighted by molar-refractivity contribution is -0.140. The van der Waals surface area contributed by atoms with Gasteiger partial charge in [0.05, 0.1) is 6.20 Å². The van der Waals surface area contributed by atoms with Gasteiger partial charge in [-0.2, -0.15) is 13.2 Å². The molecule has 7 heteroatoms. The fraction of sp³-hybridized carbons (Fsp3) is 0.167. The van der Waals surface area contributed by atoms with Crippen molar-refractivity contribution in [2.75, 3.05) is 5.32 Å². The molecule has 0 aliphatic heterocycles. The molecule has 1 heterocycles. The molecular formula is C12H10F3N3O. The number of benzene rings is 1. The number of hydrogen-bond acceptors (Lipinski definition) is 2. The summed E-state index contributed by atoms with van der Waals surface area (Å²) in [7, 11) is 0. The minimum Gasteiger partial charge on any atom is -0.320 e. The number of anilines is 1. The lowest BCUT2D eigenvalue weighted by atomic mass is 10.1. The Morgan fingerprint density at radius 2 is 2.00 bits per heavy atom. The average molecular weight is 269 g/mol. The zero-order valence-electron chi connectivity index (χ0n) is 9.88. The predicted molar refractivity (Wildman–Crippen MR) is 62.7 cm³/mol. The van der Waals surface area contributed by atoms with Crippen LogP contribution in [0.25, 0.3) is 0 Å². The van der Waals surface area contributed by atoms with Crippen LogP contribution in [0.1, 0.15) is 21.6 Å². The zero-order valence-corrected chi connectivity index (χ0v) is 9.88. The molecule has 2 N–H and O–H groups in total. The Bertz CT molecular complexity index is 604. The molecular weight excluding hydrogens is 259 g/mol. The van der Waals surface area contributed by atoms with E-state index in [0.717, 1.165) is 5.56 Å². The number of nitrogens with one attached hydrogen (secondary N) is 2. The number of rotatable bonds is 2. The van der Waals surface area contributed by atoms with Crippen molar-refractivity contribution in [3.05, 3.63) is 47.3 Å². The van der Waals surface area contributed by atoms with Crippen LogP contribution >= 0.6 is 0 Å². The van der Waals surface area contributed by atoms with Crippen LogP contribution < -0.4 is 5.32 Å². The van der Waals surface area contributed by atoms with Gasteiger partial charge in [-0.15, -0.1) is 0 Å². The zero-order chi connectivity index (χ0) is 14.0. The lowest BCUT2D eigenvalue weighted by Crippen LogP contribution is -2.14. The summed E-state index contributed by atoms with van der Waals surface area (Å²) in [4.78, 5) is 17.3. The third kappa shape index (κ3) is 2.93. The van der Waals surface area contributed by atoms with E-state index in [9.17, 15) is 18.0 Å². The van der Waals surface area contributed by atoms with Gasteiger partial charge in [0.25, 0.3) is 5.91 Å². The Hall–Kier alpha value is -2.31. The van der Waals surface area contributed by atoms with Crippen molar-refractivity contribution in [1.82, 2.24) is 9.97 Å². The van der Waals surface area contributed by atoms with E-state index in [4.69, 9.17) is 0 Å². The Morgan fingerprint density at radius 3 is 2.58 bits per heavy atom. The lowest BCUT2D eigenvalue weighted by Gasteiger charge is -2.05. The Morgan fingerprint density at radius 1 is 1.32 bits per heavy atom. The molecule has 0 radical (unpaired) electrons. The van der Waals surface area contributed by atoms with E-state index in [0.29, 0.717) is 11.8 Å². The second kappa shape index (κ2) is 4.75. The summed E-state index contributed by atoms with van der Waals surface area (Å²) in [6, 6.07) is 6.75. The molecule has 2 rings (SSSR count). The van der Waals surface area contributed by atoms with Crippen molar-refractivity contribution in [2.24, 2.45) is 0 Å². The van der Waals surface area contributed by atoms with E-state index in [-0.39, 0.29) is 5.95 Å². The molecule has 4 nitrogen and oxygen atoms in total. The van der Waals surface area contributed by atoms with Gasteiger partial charge in [-0.3, -0.25) is 10.1 Å². The molecule has 0 spiro atoms. The first-order valence-electron chi connectivity index (χ1n) is 5.37. The van der Waals surface area contributed by atoms with Crippen LogP contribution in [-0.2, 0) is 6.18 Å². The molecule has 0 bridgehead atoms. The molecule has 0 aliphatic rings. The molecule has 100 valence electrons. The number of aromatic nitrogens is 2. The normalized spacial score (nSPS) is 11.4. The third-order valence-corrected chi connectivity index (χ3v) is 2.50. The number of nitrogens with zero attached hydrogens (tertiary/aromatic N) is 1. The number of alkyl halides is 3. The number of carbonyl (C=O) groups excluding carboxylic acids is 1. The molecule has 19 heavy (non-hydrogen) atoms. The van der Waals surface area contributed by atoms with E-state index >= 15 is 0 Å². The Labute approximate surface area is 106 Å². The maximum atomic E-state index is 12.3. The summed E-state index contributed by atoms with van der Waals surface area (Å²) in [5.41, 5.74) is 0.0997. The highest BCUT2D eigenvalue weighted by molar-refractivity contribution is 6.04. The molecule has 0 atom stereocenters. The van der Waals surface area contributed by atoms with Gasteiger partial charge in [0.15, 0.2) is 0 Å². The average Bonchev–Trinajstić information content (AvgIpc) is 2.77. The largest absolute Gasteiger partial charge is 0.432 e. The summed E-state index contributed by atoms with van der Waals surface area (Å²) < 4.78 is 37.0. The molecule has 1 amide bonds. The number of aromatic amines is 1. The smallest absolute Gasteiger partial charge is 0.320 e. The number of hydrogen-bond donors (Lipinski definition) is 2. The number of carbonyl (C=O) groups is 1. The highest BCUT2D eigenvalue weighted by atomic mass is 19.4. The first-order valence-corrected chi connectivity index (χ1v) is 5.37. The van der Waals surface area contributed by atoms with Crippen LogP contribution in [0.2, 0.25) is 0 Å². The van der Waals surface area contributed by atoms with E-state index in [2.05, 4.69) is 10.3 Å². The minimum atomic E-state index is -4.52. The third-order valence-electron chi connectivity index (χ3n) is 2.50. The second-order valence-electron chi connectivity index (χ2n) is 3.91. The molecule has 0 unspecified atom stereocenters. The Kier molecular flexibility index (Phi) is 3.28. The summed E-state index contributed by atoms with van der Waals surface area (Å²) in [6.45, 7) is 1.73. The van der Waals surface area contributed by atoms with Gasteiger partial charge < -0.3 is 4.98 Å². The van der Waals surface area contributed by atoms with Gasteiger partial charge in [0, 0.05) is 5.56 Å². The van der Waals surface area contributed by atoms with E-state index in [1.165, 1.54) is 0 Å². The molecule has 1 aromatic heterocycles. The molecule has 0 aliphatic carbocycles. The molecule has 1 aromatic carbocycles. The van der Waals surface area contributed by atoms with E-state index in [1.807, 2.05) is 4.98 Å². The van der Waals surface area contributed by atoms with E-state index < -0.39 is 17.8 Å². The van der Waals surface area contributed by atoms with Gasteiger partial charge in [-0.05, 0) is 18.6 Å². The fourth-order valence-corrected chi connectivity index (χ4v) is 1.53. The van der Waals surface area contributed by atoms with Crippen LogP contribution in [0.3, 0.4) is 0 Å². The SMILES string of the molecule is Cc1ccccc1C(=O)Nc1ncc(C(F)(F)F)[nH]1. The van der Waals surface area contributed by atoms with Crippen molar-refractivity contribution in [1.29, 1.82) is 0 Å². The summed E-state index contributed by atoms with van der Waals surface area (Å²) in [5.74, 6) is -0.748. The second-order valence-corrected chi connectivity index (χ2v) is 3.91. The van der Waals surface area contributed by atoms with E-state index in [1.54, 1.807) is 31.2 Å². The molecule has 0 fully saturated rings. The first kappa shape index (κ1) is 13.1. The van der Waals surface area contributed by atoms with Crippen molar-refractivity contribution in [3.8, 4) is 0 Å². The summed E-state index contributed by atoms with van der Waals surface area (Å²) in [5, 5.41) is 2.29. The Balaban J connectivity index is 2.16. The van der Waals surface area contributed by atoms with Crippen molar-refractivity contribution < 1.29 is 18.0 Å². The van der Waals surface area contributed by atoms with Gasteiger partial charge in [0.2, 0.25) is 5.95 Å². The first-order chi connectivity index (χ1) is 8.88. The van der Waals surface area contributed by atoms with Gasteiger partial charge in [0.1, 0.15) is 5.69 Å². The maximum Gasteiger partial charge on any atom is 0.432 e. The number of aryl methyl sites for hydroxylation is 1. The summed E-state index contributed by atoms with van der Waals surface area (Å²) >= 11 is 0. The quantitative estimate of drug-likeness (QED) is 0.880. The highest BCUT2D eigenvalue weighted by Crippen LogP contribution is 2.28.